The monoisotopic (exact) mass is 268 g/mol. The Hall–Kier alpha value is -1.32. The molecule has 0 amide bonds. The van der Waals surface area contributed by atoms with Gasteiger partial charge in [-0.15, -0.1) is 0 Å². The Morgan fingerprint density at radius 3 is 2.83 bits per heavy atom. The summed E-state index contributed by atoms with van der Waals surface area (Å²) in [5, 5.41) is 0.644. The molecule has 0 aliphatic carbocycles. The van der Waals surface area contributed by atoms with Gasteiger partial charge in [0.2, 0.25) is 0 Å². The van der Waals surface area contributed by atoms with Crippen molar-refractivity contribution in [1.82, 2.24) is 0 Å². The van der Waals surface area contributed by atoms with Gasteiger partial charge in [0.05, 0.1) is 6.61 Å². The maximum atomic E-state index is 11.4. The first-order chi connectivity index (χ1) is 8.72. The molecule has 0 saturated carbocycles. The number of carbonyl (C=O) groups is 1. The molecule has 18 heavy (non-hydrogen) atoms. The molecule has 0 aliphatic rings. The van der Waals surface area contributed by atoms with Crippen molar-refractivity contribution in [1.29, 1.82) is 0 Å². The number of hydrogen-bond acceptors (Lipinski definition) is 3. The molecule has 0 aromatic heterocycles. The van der Waals surface area contributed by atoms with Crippen molar-refractivity contribution >= 4 is 23.6 Å². The van der Waals surface area contributed by atoms with Crippen LogP contribution in [-0.2, 0) is 14.3 Å². The molecule has 0 aliphatic heterocycles. The number of ether oxygens (including phenoxy) is 2. The van der Waals surface area contributed by atoms with Crippen LogP contribution in [0, 0.1) is 0 Å². The highest BCUT2D eigenvalue weighted by atomic mass is 35.5. The second-order valence-corrected chi connectivity index (χ2v) is 4.19. The van der Waals surface area contributed by atoms with E-state index in [4.69, 9.17) is 21.1 Å². The largest absolute Gasteiger partial charge is 0.463 e. The summed E-state index contributed by atoms with van der Waals surface area (Å²) in [6.45, 7) is 1.11. The maximum absolute atomic E-state index is 11.4. The van der Waals surface area contributed by atoms with E-state index in [1.54, 1.807) is 25.3 Å². The van der Waals surface area contributed by atoms with Crippen molar-refractivity contribution < 1.29 is 14.3 Å². The molecular formula is C14H17ClO3. The highest BCUT2D eigenvalue weighted by Crippen LogP contribution is 2.11. The Morgan fingerprint density at radius 2 is 2.11 bits per heavy atom. The first kappa shape index (κ1) is 14.7. The van der Waals surface area contributed by atoms with Gasteiger partial charge in [0.25, 0.3) is 0 Å². The Balaban J connectivity index is 2.27. The first-order valence-electron chi connectivity index (χ1n) is 5.81. The zero-order valence-electron chi connectivity index (χ0n) is 10.4. The Morgan fingerprint density at radius 1 is 1.33 bits per heavy atom. The summed E-state index contributed by atoms with van der Waals surface area (Å²) in [6.07, 6.45) is 4.79. The van der Waals surface area contributed by atoms with Crippen LogP contribution in [-0.4, -0.2) is 26.3 Å². The van der Waals surface area contributed by atoms with Crippen LogP contribution < -0.4 is 0 Å². The van der Waals surface area contributed by atoms with E-state index in [1.807, 2.05) is 12.1 Å². The standard InChI is InChI=1S/C14H17ClO3/c1-17-9-2-3-10-18-14(16)8-7-12-5-4-6-13(15)11-12/h4-8,11H,2-3,9-10H2,1H3/b8-7+. The summed E-state index contributed by atoms with van der Waals surface area (Å²) >= 11 is 5.83. The lowest BCUT2D eigenvalue weighted by molar-refractivity contribution is -0.137. The Labute approximate surface area is 112 Å². The summed E-state index contributed by atoms with van der Waals surface area (Å²) < 4.78 is 9.92. The maximum Gasteiger partial charge on any atom is 0.330 e. The molecule has 0 radical (unpaired) electrons. The Bertz CT molecular complexity index is 402. The highest BCUT2D eigenvalue weighted by Gasteiger charge is 1.97. The fraction of sp³-hybridized carbons (Fsp3) is 0.357. The van der Waals surface area contributed by atoms with E-state index in [1.165, 1.54) is 6.08 Å². The molecule has 3 nitrogen and oxygen atoms in total. The zero-order valence-corrected chi connectivity index (χ0v) is 11.2. The third kappa shape index (κ3) is 6.42. The van der Waals surface area contributed by atoms with Crippen LogP contribution >= 0.6 is 11.6 Å². The summed E-state index contributed by atoms with van der Waals surface area (Å²) in [5.74, 6) is -0.340. The average Bonchev–Trinajstić information content (AvgIpc) is 2.36. The Kier molecular flexibility index (Phi) is 7.14. The molecule has 98 valence electrons. The van der Waals surface area contributed by atoms with Gasteiger partial charge in [0, 0.05) is 24.8 Å². The predicted octanol–water partition coefficient (Wildman–Crippen LogP) is 3.32. The van der Waals surface area contributed by atoms with Crippen molar-refractivity contribution in [2.45, 2.75) is 12.8 Å². The van der Waals surface area contributed by atoms with Gasteiger partial charge >= 0.3 is 5.97 Å². The first-order valence-corrected chi connectivity index (χ1v) is 6.19. The quantitative estimate of drug-likeness (QED) is 0.432. The van der Waals surface area contributed by atoms with Crippen LogP contribution in [0.2, 0.25) is 5.02 Å². The second kappa shape index (κ2) is 8.72. The number of rotatable bonds is 7. The van der Waals surface area contributed by atoms with E-state index >= 15 is 0 Å². The van der Waals surface area contributed by atoms with Gasteiger partial charge in [-0.05, 0) is 36.6 Å². The molecule has 0 spiro atoms. The number of halogens is 1. The third-order valence-corrected chi connectivity index (χ3v) is 2.48. The second-order valence-electron chi connectivity index (χ2n) is 3.76. The van der Waals surface area contributed by atoms with E-state index in [-0.39, 0.29) is 5.97 Å². The van der Waals surface area contributed by atoms with Crippen LogP contribution in [0.15, 0.2) is 30.3 Å². The number of carbonyl (C=O) groups excluding carboxylic acids is 1. The van der Waals surface area contributed by atoms with E-state index in [9.17, 15) is 4.79 Å². The van der Waals surface area contributed by atoms with Crippen molar-refractivity contribution in [2.24, 2.45) is 0 Å². The number of esters is 1. The summed E-state index contributed by atoms with van der Waals surface area (Å²) in [5.41, 5.74) is 0.874. The van der Waals surface area contributed by atoms with Crippen molar-refractivity contribution in [3.63, 3.8) is 0 Å². The van der Waals surface area contributed by atoms with Gasteiger partial charge in [-0.1, -0.05) is 23.7 Å². The van der Waals surface area contributed by atoms with E-state index in [0.29, 0.717) is 18.2 Å². The lowest BCUT2D eigenvalue weighted by atomic mass is 10.2. The van der Waals surface area contributed by atoms with Gasteiger partial charge in [-0.2, -0.15) is 0 Å². The van der Waals surface area contributed by atoms with Gasteiger partial charge in [0.1, 0.15) is 0 Å². The molecule has 0 bridgehead atoms. The van der Waals surface area contributed by atoms with E-state index in [0.717, 1.165) is 18.4 Å². The molecule has 4 heteroatoms. The van der Waals surface area contributed by atoms with Crippen LogP contribution in [0.5, 0.6) is 0 Å². The van der Waals surface area contributed by atoms with Crippen LogP contribution in [0.1, 0.15) is 18.4 Å². The van der Waals surface area contributed by atoms with Crippen LogP contribution in [0.4, 0.5) is 0 Å². The van der Waals surface area contributed by atoms with Gasteiger partial charge in [-0.3, -0.25) is 0 Å². The topological polar surface area (TPSA) is 35.5 Å². The predicted molar refractivity (Wildman–Crippen MR) is 72.6 cm³/mol. The fourth-order valence-electron chi connectivity index (χ4n) is 1.34. The molecule has 1 rings (SSSR count). The summed E-state index contributed by atoms with van der Waals surface area (Å²) in [4.78, 5) is 11.4. The van der Waals surface area contributed by atoms with Crippen LogP contribution in [0.25, 0.3) is 6.08 Å². The highest BCUT2D eigenvalue weighted by molar-refractivity contribution is 6.30. The summed E-state index contributed by atoms with van der Waals surface area (Å²) in [7, 11) is 1.65. The molecule has 0 atom stereocenters. The minimum absolute atomic E-state index is 0.340. The molecule has 0 heterocycles. The molecular weight excluding hydrogens is 252 g/mol. The van der Waals surface area contributed by atoms with Crippen molar-refractivity contribution in [2.75, 3.05) is 20.3 Å². The normalized spacial score (nSPS) is 10.8. The zero-order chi connectivity index (χ0) is 13.2. The fourth-order valence-corrected chi connectivity index (χ4v) is 1.54. The molecule has 1 aromatic carbocycles. The number of methoxy groups -OCH3 is 1. The summed E-state index contributed by atoms with van der Waals surface area (Å²) in [6, 6.07) is 7.27. The van der Waals surface area contributed by atoms with Crippen molar-refractivity contribution in [3.05, 3.63) is 40.9 Å². The number of unbranched alkanes of at least 4 members (excludes halogenated alkanes) is 1. The van der Waals surface area contributed by atoms with Gasteiger partial charge in [0.15, 0.2) is 0 Å². The third-order valence-electron chi connectivity index (χ3n) is 2.25. The van der Waals surface area contributed by atoms with Crippen molar-refractivity contribution in [3.8, 4) is 0 Å². The van der Waals surface area contributed by atoms with Gasteiger partial charge in [-0.25, -0.2) is 4.79 Å². The minimum Gasteiger partial charge on any atom is -0.463 e. The van der Waals surface area contributed by atoms with Crippen LogP contribution in [0.3, 0.4) is 0 Å². The molecule has 0 N–H and O–H groups in total. The van der Waals surface area contributed by atoms with E-state index in [2.05, 4.69) is 0 Å². The SMILES string of the molecule is COCCCCOC(=O)/C=C/c1cccc(Cl)c1. The van der Waals surface area contributed by atoms with Gasteiger partial charge < -0.3 is 9.47 Å². The molecule has 0 saturated heterocycles. The van der Waals surface area contributed by atoms with E-state index < -0.39 is 0 Å². The molecule has 1 aromatic rings. The minimum atomic E-state index is -0.340. The number of benzene rings is 1. The smallest absolute Gasteiger partial charge is 0.330 e. The lowest BCUT2D eigenvalue weighted by Crippen LogP contribution is -2.03. The average molecular weight is 269 g/mol. The lowest BCUT2D eigenvalue weighted by Gasteiger charge is -2.01. The number of hydrogen-bond donors (Lipinski definition) is 0. The molecule has 0 unspecified atom stereocenters. The molecule has 0 fully saturated rings.